The molecule has 0 radical (unpaired) electrons. The van der Waals surface area contributed by atoms with Crippen molar-refractivity contribution in [3.05, 3.63) is 64.5 Å². The van der Waals surface area contributed by atoms with Crippen LogP contribution in [0.3, 0.4) is 0 Å². The van der Waals surface area contributed by atoms with Crippen LogP contribution < -0.4 is 4.72 Å². The largest absolute Gasteiger partial charge is 0.265 e. The van der Waals surface area contributed by atoms with Crippen LogP contribution in [-0.2, 0) is 16.4 Å². The van der Waals surface area contributed by atoms with Gasteiger partial charge in [-0.1, -0.05) is 0 Å². The Morgan fingerprint density at radius 2 is 1.96 bits per heavy atom. The fraction of sp³-hybridized carbons (Fsp3) is 0.176. The van der Waals surface area contributed by atoms with Crippen molar-refractivity contribution in [2.75, 3.05) is 6.54 Å². The maximum absolute atomic E-state index is 13.3. The van der Waals surface area contributed by atoms with Crippen LogP contribution in [-0.4, -0.2) is 24.9 Å². The van der Waals surface area contributed by atoms with E-state index in [1.807, 2.05) is 17.5 Å². The Morgan fingerprint density at radius 1 is 1.20 bits per heavy atom. The molecule has 130 valence electrons. The molecule has 3 aromatic rings. The smallest absolute Gasteiger partial charge is 0.240 e. The van der Waals surface area contributed by atoms with Crippen LogP contribution in [0, 0.1) is 12.7 Å². The highest BCUT2D eigenvalue weighted by atomic mass is 32.2. The third-order valence-electron chi connectivity index (χ3n) is 3.60. The first kappa shape index (κ1) is 17.7. The fourth-order valence-electron chi connectivity index (χ4n) is 2.24. The van der Waals surface area contributed by atoms with Crippen molar-refractivity contribution in [1.82, 2.24) is 14.7 Å². The molecule has 1 N–H and O–H groups in total. The van der Waals surface area contributed by atoms with E-state index < -0.39 is 15.8 Å². The maximum Gasteiger partial charge on any atom is 0.240 e. The molecule has 2 aromatic heterocycles. The Bertz CT molecular complexity index is 973. The molecule has 0 amide bonds. The van der Waals surface area contributed by atoms with Crippen LogP contribution in [0.25, 0.3) is 11.3 Å². The van der Waals surface area contributed by atoms with Crippen molar-refractivity contribution in [1.29, 1.82) is 0 Å². The summed E-state index contributed by atoms with van der Waals surface area (Å²) < 4.78 is 40.3. The third kappa shape index (κ3) is 4.28. The predicted molar refractivity (Wildman–Crippen MR) is 95.4 cm³/mol. The minimum atomic E-state index is -3.66. The van der Waals surface area contributed by atoms with E-state index in [0.717, 1.165) is 22.3 Å². The van der Waals surface area contributed by atoms with E-state index in [-0.39, 0.29) is 11.4 Å². The van der Waals surface area contributed by atoms with Crippen LogP contribution in [0.4, 0.5) is 4.39 Å². The van der Waals surface area contributed by atoms with E-state index in [1.165, 1.54) is 30.4 Å². The van der Waals surface area contributed by atoms with Crippen molar-refractivity contribution in [3.63, 3.8) is 0 Å². The van der Waals surface area contributed by atoms with Gasteiger partial charge in [0.2, 0.25) is 10.0 Å². The highest BCUT2D eigenvalue weighted by Gasteiger charge is 2.15. The Hall–Kier alpha value is -2.16. The van der Waals surface area contributed by atoms with Crippen molar-refractivity contribution in [2.45, 2.75) is 18.2 Å². The van der Waals surface area contributed by atoms with Crippen molar-refractivity contribution >= 4 is 21.4 Å². The molecule has 0 atom stereocenters. The van der Waals surface area contributed by atoms with Gasteiger partial charge in [0.05, 0.1) is 15.6 Å². The first-order valence-corrected chi connectivity index (χ1v) is 9.92. The van der Waals surface area contributed by atoms with Crippen molar-refractivity contribution in [3.8, 4) is 11.3 Å². The number of nitrogens with one attached hydrogen (secondary N) is 1. The standard InChI is InChI=1S/C17H16FN3O2S2/c1-12-10-14(2-3-15(12)18)25(22,23)20-9-6-17-21-16(11-24-17)13-4-7-19-8-5-13/h2-5,7-8,10-11,20H,6,9H2,1H3. The summed E-state index contributed by atoms with van der Waals surface area (Å²) in [4.78, 5) is 8.53. The zero-order valence-corrected chi connectivity index (χ0v) is 15.1. The number of benzene rings is 1. The van der Waals surface area contributed by atoms with Gasteiger partial charge in [-0.15, -0.1) is 11.3 Å². The quantitative estimate of drug-likeness (QED) is 0.716. The fourth-order valence-corrected chi connectivity index (χ4v) is 4.16. The molecular formula is C17H16FN3O2S2. The summed E-state index contributed by atoms with van der Waals surface area (Å²) >= 11 is 1.48. The van der Waals surface area contributed by atoms with Crippen molar-refractivity contribution < 1.29 is 12.8 Å². The summed E-state index contributed by atoms with van der Waals surface area (Å²) in [7, 11) is -3.66. The molecular weight excluding hydrogens is 361 g/mol. The van der Waals surface area contributed by atoms with E-state index >= 15 is 0 Å². The molecule has 0 bridgehead atoms. The summed E-state index contributed by atoms with van der Waals surface area (Å²) in [6.07, 6.45) is 3.88. The molecule has 2 heterocycles. The van der Waals surface area contributed by atoms with E-state index in [0.29, 0.717) is 12.0 Å². The second kappa shape index (κ2) is 7.38. The number of hydrogen-bond donors (Lipinski definition) is 1. The number of hydrogen-bond acceptors (Lipinski definition) is 5. The Morgan fingerprint density at radius 3 is 2.68 bits per heavy atom. The van der Waals surface area contributed by atoms with E-state index in [9.17, 15) is 12.8 Å². The van der Waals surface area contributed by atoms with Gasteiger partial charge in [-0.25, -0.2) is 22.5 Å². The number of rotatable bonds is 6. The van der Waals surface area contributed by atoms with Crippen molar-refractivity contribution in [2.24, 2.45) is 0 Å². The minimum Gasteiger partial charge on any atom is -0.265 e. The Labute approximate surface area is 149 Å². The number of halogens is 1. The number of sulfonamides is 1. The second-order valence-electron chi connectivity index (χ2n) is 5.42. The minimum absolute atomic E-state index is 0.0583. The molecule has 25 heavy (non-hydrogen) atoms. The normalized spacial score (nSPS) is 11.6. The average molecular weight is 377 g/mol. The molecule has 0 aliphatic rings. The number of pyridine rings is 1. The SMILES string of the molecule is Cc1cc(S(=O)(=O)NCCc2nc(-c3ccncc3)cs2)ccc1F. The zero-order chi connectivity index (χ0) is 17.9. The monoisotopic (exact) mass is 377 g/mol. The molecule has 3 rings (SSSR count). The number of nitrogens with zero attached hydrogens (tertiary/aromatic N) is 2. The lowest BCUT2D eigenvalue weighted by Gasteiger charge is -2.07. The van der Waals surface area contributed by atoms with Crippen LogP contribution >= 0.6 is 11.3 Å². The predicted octanol–water partition coefficient (Wildman–Crippen LogP) is 3.17. The molecule has 0 saturated carbocycles. The molecule has 0 unspecified atom stereocenters. The highest BCUT2D eigenvalue weighted by Crippen LogP contribution is 2.21. The highest BCUT2D eigenvalue weighted by molar-refractivity contribution is 7.89. The maximum atomic E-state index is 13.3. The van der Waals surface area contributed by atoms with Gasteiger partial charge in [-0.05, 0) is 42.8 Å². The topological polar surface area (TPSA) is 72.0 Å². The summed E-state index contributed by atoms with van der Waals surface area (Å²) in [5, 5.41) is 2.77. The molecule has 0 fully saturated rings. The summed E-state index contributed by atoms with van der Waals surface area (Å²) in [5.74, 6) is -0.426. The number of aryl methyl sites for hydroxylation is 1. The van der Waals surface area contributed by atoms with Gasteiger partial charge in [0.15, 0.2) is 0 Å². The van der Waals surface area contributed by atoms with Crippen LogP contribution in [0.1, 0.15) is 10.6 Å². The summed E-state index contributed by atoms with van der Waals surface area (Å²) in [6.45, 7) is 1.76. The Kier molecular flexibility index (Phi) is 5.22. The first-order valence-electron chi connectivity index (χ1n) is 7.56. The second-order valence-corrected chi connectivity index (χ2v) is 8.13. The van der Waals surface area contributed by atoms with Gasteiger partial charge >= 0.3 is 0 Å². The molecule has 1 aromatic carbocycles. The van der Waals surface area contributed by atoms with Gasteiger partial charge in [0, 0.05) is 36.3 Å². The van der Waals surface area contributed by atoms with E-state index in [4.69, 9.17) is 0 Å². The molecule has 0 saturated heterocycles. The van der Waals surface area contributed by atoms with Gasteiger partial charge in [0.1, 0.15) is 5.82 Å². The van der Waals surface area contributed by atoms with E-state index in [2.05, 4.69) is 14.7 Å². The molecule has 8 heteroatoms. The van der Waals surface area contributed by atoms with E-state index in [1.54, 1.807) is 12.4 Å². The van der Waals surface area contributed by atoms with Gasteiger partial charge in [0.25, 0.3) is 0 Å². The molecule has 0 aliphatic heterocycles. The lowest BCUT2D eigenvalue weighted by molar-refractivity contribution is 0.580. The number of aromatic nitrogens is 2. The zero-order valence-electron chi connectivity index (χ0n) is 13.4. The van der Waals surface area contributed by atoms with Crippen LogP contribution in [0.15, 0.2) is 53.0 Å². The van der Waals surface area contributed by atoms with Crippen LogP contribution in [0.5, 0.6) is 0 Å². The van der Waals surface area contributed by atoms with Gasteiger partial charge in [-0.3, -0.25) is 4.98 Å². The lowest BCUT2D eigenvalue weighted by Crippen LogP contribution is -2.26. The summed E-state index contributed by atoms with van der Waals surface area (Å²) in [5.41, 5.74) is 2.11. The van der Waals surface area contributed by atoms with Gasteiger partial charge in [-0.2, -0.15) is 0 Å². The molecule has 5 nitrogen and oxygen atoms in total. The van der Waals surface area contributed by atoms with Crippen LogP contribution in [0.2, 0.25) is 0 Å². The first-order chi connectivity index (χ1) is 12.0. The lowest BCUT2D eigenvalue weighted by atomic mass is 10.2. The average Bonchev–Trinajstić information content (AvgIpc) is 3.07. The number of thiazole rings is 1. The summed E-state index contributed by atoms with van der Waals surface area (Å²) in [6, 6.07) is 7.49. The molecule has 0 spiro atoms. The van der Waals surface area contributed by atoms with Gasteiger partial charge < -0.3 is 0 Å². The Balaban J connectivity index is 1.63. The third-order valence-corrected chi connectivity index (χ3v) is 5.97. The molecule has 0 aliphatic carbocycles.